The van der Waals surface area contributed by atoms with E-state index in [1.165, 1.54) is 27.8 Å². The van der Waals surface area contributed by atoms with Crippen molar-refractivity contribution in [1.29, 1.82) is 0 Å². The molecule has 0 unspecified atom stereocenters. The van der Waals surface area contributed by atoms with Crippen molar-refractivity contribution in [2.24, 2.45) is 0 Å². The second kappa shape index (κ2) is 9.87. The van der Waals surface area contributed by atoms with E-state index in [-0.39, 0.29) is 5.41 Å². The summed E-state index contributed by atoms with van der Waals surface area (Å²) in [7, 11) is 0. The van der Waals surface area contributed by atoms with Crippen LogP contribution in [0.4, 0.5) is 0 Å². The van der Waals surface area contributed by atoms with Gasteiger partial charge in [0.05, 0.1) is 11.4 Å². The number of hydrogen-bond donors (Lipinski definition) is 0. The van der Waals surface area contributed by atoms with Gasteiger partial charge in [-0.2, -0.15) is 0 Å². The van der Waals surface area contributed by atoms with E-state index >= 15 is 0 Å². The van der Waals surface area contributed by atoms with Crippen molar-refractivity contribution in [3.8, 4) is 45.0 Å². The van der Waals surface area contributed by atoms with Gasteiger partial charge in [0.1, 0.15) is 11.2 Å². The van der Waals surface area contributed by atoms with E-state index in [0.717, 1.165) is 50.0 Å². The number of fused-ring (bicyclic) bond motifs is 6. The Bertz CT molecular complexity index is 2340. The minimum atomic E-state index is -0.241. The van der Waals surface area contributed by atoms with Crippen LogP contribution in [0.2, 0.25) is 0 Å². The van der Waals surface area contributed by atoms with Gasteiger partial charge >= 0.3 is 0 Å². The van der Waals surface area contributed by atoms with Gasteiger partial charge in [0, 0.05) is 32.9 Å². The molecule has 2 aromatic heterocycles. The molecule has 212 valence electrons. The van der Waals surface area contributed by atoms with E-state index in [1.807, 2.05) is 36.4 Å². The zero-order valence-corrected chi connectivity index (χ0v) is 24.7. The Kier molecular flexibility index (Phi) is 5.63. The average Bonchev–Trinajstić information content (AvgIpc) is 3.62. The van der Waals surface area contributed by atoms with Crippen LogP contribution in [0.15, 0.2) is 156 Å². The number of para-hydroxylation sites is 2. The van der Waals surface area contributed by atoms with Crippen LogP contribution in [0.25, 0.3) is 67.0 Å². The van der Waals surface area contributed by atoms with Gasteiger partial charge in [0.25, 0.3) is 0 Å². The Morgan fingerprint density at radius 2 is 1.09 bits per heavy atom. The number of rotatable bonds is 4. The highest BCUT2D eigenvalue weighted by Gasteiger charge is 2.40. The minimum absolute atomic E-state index is 0.241. The third kappa shape index (κ3) is 3.91. The Balaban J connectivity index is 1.20. The molecule has 0 N–H and O–H groups in total. The summed E-state index contributed by atoms with van der Waals surface area (Å²) in [6.07, 6.45) is 0. The molecule has 0 saturated carbocycles. The maximum absolute atomic E-state index is 6.41. The van der Waals surface area contributed by atoms with Gasteiger partial charge in [-0.3, -0.25) is 0 Å². The lowest BCUT2D eigenvalue weighted by molar-refractivity contribution is 0.670. The van der Waals surface area contributed by atoms with Crippen molar-refractivity contribution in [2.45, 2.75) is 12.3 Å². The van der Waals surface area contributed by atoms with Crippen molar-refractivity contribution in [2.75, 3.05) is 0 Å². The highest BCUT2D eigenvalue weighted by atomic mass is 16.3. The maximum Gasteiger partial charge on any atom is 0.160 e. The molecule has 0 saturated heterocycles. The van der Waals surface area contributed by atoms with Crippen molar-refractivity contribution in [3.05, 3.63) is 168 Å². The molecule has 0 bridgehead atoms. The van der Waals surface area contributed by atoms with Crippen LogP contribution in [-0.2, 0) is 5.41 Å². The van der Waals surface area contributed by atoms with Gasteiger partial charge < -0.3 is 4.42 Å². The normalized spacial score (nSPS) is 13.2. The van der Waals surface area contributed by atoms with Crippen molar-refractivity contribution >= 4 is 21.9 Å². The van der Waals surface area contributed by atoms with Crippen molar-refractivity contribution < 1.29 is 4.42 Å². The Morgan fingerprint density at radius 1 is 0.489 bits per heavy atom. The fraction of sp³-hybridized carbons (Fsp3) is 0.0476. The monoisotopic (exact) mass is 576 g/mol. The molecule has 0 atom stereocenters. The van der Waals surface area contributed by atoms with Crippen LogP contribution < -0.4 is 0 Å². The highest BCUT2D eigenvalue weighted by molar-refractivity contribution is 6.09. The highest BCUT2D eigenvalue weighted by Crippen LogP contribution is 2.52. The lowest BCUT2D eigenvalue weighted by Gasteiger charge is -2.28. The summed E-state index contributed by atoms with van der Waals surface area (Å²) in [6, 6.07) is 53.2. The van der Waals surface area contributed by atoms with E-state index < -0.39 is 0 Å². The fourth-order valence-electron chi connectivity index (χ4n) is 7.14. The molecular weight excluding hydrogens is 548 g/mol. The molecule has 6 aromatic carbocycles. The molecule has 3 heteroatoms. The zero-order chi connectivity index (χ0) is 30.0. The fourth-order valence-corrected chi connectivity index (χ4v) is 7.14. The molecule has 1 aliphatic rings. The SMILES string of the molecule is CC1(c2ccc(-c3cc(-c4cccc5c4oc4ccccc45)nc(-c4ccccc4)n3)cc2)c2ccccc2-c2ccccc21. The smallest absolute Gasteiger partial charge is 0.160 e. The van der Waals surface area contributed by atoms with Crippen LogP contribution in [0.5, 0.6) is 0 Å². The summed E-state index contributed by atoms with van der Waals surface area (Å²) >= 11 is 0. The maximum atomic E-state index is 6.41. The Hall–Kier alpha value is -5.80. The number of benzene rings is 6. The standard InChI is InChI=1S/C42H28N2O/c1-42(35-19-8-5-14-30(35)31-15-6-9-20-36(31)42)29-24-22-27(23-25-29)37-26-38(44-41(43-37)28-12-3-2-4-13-28)34-18-11-17-33-32-16-7-10-21-39(32)45-40(33)34/h2-26H,1H3. The molecule has 0 spiro atoms. The Morgan fingerprint density at radius 3 is 1.84 bits per heavy atom. The van der Waals surface area contributed by atoms with Crippen LogP contribution in [0, 0.1) is 0 Å². The van der Waals surface area contributed by atoms with Gasteiger partial charge in [-0.25, -0.2) is 9.97 Å². The molecule has 8 aromatic rings. The van der Waals surface area contributed by atoms with Crippen LogP contribution >= 0.6 is 0 Å². The van der Waals surface area contributed by atoms with E-state index in [4.69, 9.17) is 14.4 Å². The molecule has 0 aliphatic heterocycles. The summed E-state index contributed by atoms with van der Waals surface area (Å²) in [6.45, 7) is 2.34. The molecule has 0 fully saturated rings. The van der Waals surface area contributed by atoms with E-state index in [2.05, 4.69) is 122 Å². The molecule has 1 aliphatic carbocycles. The number of aromatic nitrogens is 2. The quantitative estimate of drug-likeness (QED) is 0.209. The van der Waals surface area contributed by atoms with E-state index in [1.54, 1.807) is 0 Å². The summed E-state index contributed by atoms with van der Waals surface area (Å²) in [4.78, 5) is 10.2. The first-order valence-corrected chi connectivity index (χ1v) is 15.3. The lowest BCUT2D eigenvalue weighted by Crippen LogP contribution is -2.22. The van der Waals surface area contributed by atoms with Gasteiger partial charge in [-0.05, 0) is 52.9 Å². The second-order valence-electron chi connectivity index (χ2n) is 11.9. The van der Waals surface area contributed by atoms with Gasteiger partial charge in [0.2, 0.25) is 0 Å². The van der Waals surface area contributed by atoms with Crippen LogP contribution in [0.3, 0.4) is 0 Å². The van der Waals surface area contributed by atoms with Crippen molar-refractivity contribution in [1.82, 2.24) is 9.97 Å². The van der Waals surface area contributed by atoms with E-state index in [9.17, 15) is 0 Å². The first-order valence-electron chi connectivity index (χ1n) is 15.3. The predicted octanol–water partition coefficient (Wildman–Crippen LogP) is 10.7. The molecule has 0 amide bonds. The van der Waals surface area contributed by atoms with Crippen LogP contribution in [0.1, 0.15) is 23.6 Å². The first-order chi connectivity index (χ1) is 22.2. The van der Waals surface area contributed by atoms with Crippen LogP contribution in [-0.4, -0.2) is 9.97 Å². The molecule has 9 rings (SSSR count). The number of nitrogens with zero attached hydrogens (tertiary/aromatic N) is 2. The Labute approximate surface area is 261 Å². The summed E-state index contributed by atoms with van der Waals surface area (Å²) in [5.41, 5.74) is 12.7. The van der Waals surface area contributed by atoms with E-state index in [0.29, 0.717) is 5.82 Å². The summed E-state index contributed by atoms with van der Waals surface area (Å²) < 4.78 is 6.41. The van der Waals surface area contributed by atoms with Gasteiger partial charge in [-0.1, -0.05) is 133 Å². The molecule has 0 radical (unpaired) electrons. The third-order valence-corrected chi connectivity index (χ3v) is 9.42. The molecular formula is C42H28N2O. The second-order valence-corrected chi connectivity index (χ2v) is 11.9. The lowest BCUT2D eigenvalue weighted by atomic mass is 9.74. The average molecular weight is 577 g/mol. The third-order valence-electron chi connectivity index (χ3n) is 9.42. The largest absolute Gasteiger partial charge is 0.455 e. The predicted molar refractivity (Wildman–Crippen MR) is 183 cm³/mol. The topological polar surface area (TPSA) is 38.9 Å². The van der Waals surface area contributed by atoms with Gasteiger partial charge in [0.15, 0.2) is 5.82 Å². The summed E-state index contributed by atoms with van der Waals surface area (Å²) in [5.74, 6) is 0.686. The minimum Gasteiger partial charge on any atom is -0.455 e. The first kappa shape index (κ1) is 25.7. The molecule has 45 heavy (non-hydrogen) atoms. The summed E-state index contributed by atoms with van der Waals surface area (Å²) in [5, 5.41) is 2.19. The van der Waals surface area contributed by atoms with Crippen molar-refractivity contribution in [3.63, 3.8) is 0 Å². The molecule has 3 nitrogen and oxygen atoms in total. The number of furan rings is 1. The zero-order valence-electron chi connectivity index (χ0n) is 24.7. The number of hydrogen-bond acceptors (Lipinski definition) is 3. The molecule has 2 heterocycles. The van der Waals surface area contributed by atoms with Gasteiger partial charge in [-0.15, -0.1) is 0 Å².